The van der Waals surface area contributed by atoms with Crippen LogP contribution >= 0.6 is 0 Å². The van der Waals surface area contributed by atoms with Gasteiger partial charge in [-0.1, -0.05) is 32.0 Å². The van der Waals surface area contributed by atoms with E-state index in [2.05, 4.69) is 5.32 Å². The van der Waals surface area contributed by atoms with Gasteiger partial charge in [-0.15, -0.1) is 0 Å². The molecule has 2 aromatic rings. The Labute approximate surface area is 172 Å². The maximum atomic E-state index is 12.8. The van der Waals surface area contributed by atoms with Gasteiger partial charge in [0.2, 0.25) is 10.0 Å². The van der Waals surface area contributed by atoms with Gasteiger partial charge < -0.3 is 14.8 Å². The summed E-state index contributed by atoms with van der Waals surface area (Å²) in [4.78, 5) is 12.7. The minimum absolute atomic E-state index is 0.0941. The molecular formula is C21H28N2O5S. The van der Waals surface area contributed by atoms with Crippen LogP contribution in [0.25, 0.3) is 0 Å². The van der Waals surface area contributed by atoms with Gasteiger partial charge in [-0.3, -0.25) is 4.79 Å². The second-order valence-corrected chi connectivity index (χ2v) is 8.18. The molecule has 0 aliphatic heterocycles. The van der Waals surface area contributed by atoms with Gasteiger partial charge in [-0.25, -0.2) is 8.42 Å². The summed E-state index contributed by atoms with van der Waals surface area (Å²) in [6.45, 7) is 8.08. The molecule has 0 bridgehead atoms. The lowest BCUT2D eigenvalue weighted by molar-refractivity contribution is -0.122. The number of carbonyl (C=O) groups excluding carboxylic acids is 1. The Balaban J connectivity index is 2.28. The van der Waals surface area contributed by atoms with Crippen LogP contribution in [-0.2, 0) is 14.8 Å². The first-order valence-corrected chi connectivity index (χ1v) is 11.1. The van der Waals surface area contributed by atoms with Gasteiger partial charge in [0.15, 0.2) is 6.10 Å². The van der Waals surface area contributed by atoms with Crippen molar-refractivity contribution in [2.45, 2.75) is 38.7 Å². The van der Waals surface area contributed by atoms with Crippen molar-refractivity contribution in [3.8, 4) is 11.5 Å². The van der Waals surface area contributed by atoms with Crippen LogP contribution in [0.5, 0.6) is 11.5 Å². The van der Waals surface area contributed by atoms with E-state index in [-0.39, 0.29) is 10.6 Å². The average Bonchev–Trinajstić information content (AvgIpc) is 2.70. The van der Waals surface area contributed by atoms with E-state index >= 15 is 0 Å². The summed E-state index contributed by atoms with van der Waals surface area (Å²) in [7, 11) is -3.66. The number of anilines is 1. The molecule has 7 nitrogen and oxygen atoms in total. The van der Waals surface area contributed by atoms with Crippen LogP contribution in [0.3, 0.4) is 0 Å². The smallest absolute Gasteiger partial charge is 0.265 e. The first-order valence-electron chi connectivity index (χ1n) is 9.63. The van der Waals surface area contributed by atoms with Crippen molar-refractivity contribution < 1.29 is 22.7 Å². The highest BCUT2D eigenvalue weighted by atomic mass is 32.2. The maximum Gasteiger partial charge on any atom is 0.265 e. The average molecular weight is 421 g/mol. The Kier molecular flexibility index (Phi) is 8.04. The highest BCUT2D eigenvalue weighted by molar-refractivity contribution is 7.89. The third-order valence-electron chi connectivity index (χ3n) is 4.28. The van der Waals surface area contributed by atoms with Crippen LogP contribution in [0.15, 0.2) is 53.4 Å². The molecule has 0 aliphatic rings. The van der Waals surface area contributed by atoms with Crippen molar-refractivity contribution in [1.29, 1.82) is 0 Å². The van der Waals surface area contributed by atoms with Crippen molar-refractivity contribution in [2.24, 2.45) is 0 Å². The van der Waals surface area contributed by atoms with E-state index in [4.69, 9.17) is 9.47 Å². The van der Waals surface area contributed by atoms with Crippen molar-refractivity contribution >= 4 is 21.6 Å². The van der Waals surface area contributed by atoms with Gasteiger partial charge in [0.1, 0.15) is 11.5 Å². The Hall–Kier alpha value is -2.58. The summed E-state index contributed by atoms with van der Waals surface area (Å²) < 4.78 is 38.2. The molecule has 29 heavy (non-hydrogen) atoms. The number of nitrogens with zero attached hydrogens (tertiary/aromatic N) is 1. The number of sulfonamides is 1. The number of rotatable bonds is 10. The van der Waals surface area contributed by atoms with Crippen molar-refractivity contribution in [1.82, 2.24) is 4.31 Å². The standard InChI is InChI=1S/C21H28N2O5S/c1-5-23(6-2)29(25,26)18-13-14-20(27-7-3)19(15-18)22-21(24)16(4)28-17-11-9-8-10-12-17/h8-16H,5-7H2,1-4H3,(H,22,24)/t16-/m1/s1. The predicted molar refractivity (Wildman–Crippen MR) is 113 cm³/mol. The summed E-state index contributed by atoms with van der Waals surface area (Å²) in [5.41, 5.74) is 0.286. The molecule has 0 fully saturated rings. The zero-order valence-corrected chi connectivity index (χ0v) is 18.0. The largest absolute Gasteiger partial charge is 0.492 e. The number of para-hydroxylation sites is 1. The molecule has 1 amide bonds. The minimum atomic E-state index is -3.66. The van der Waals surface area contributed by atoms with Gasteiger partial charge in [0.05, 0.1) is 17.2 Å². The molecule has 8 heteroatoms. The van der Waals surface area contributed by atoms with Crippen molar-refractivity contribution in [3.05, 3.63) is 48.5 Å². The van der Waals surface area contributed by atoms with Crippen molar-refractivity contribution in [3.63, 3.8) is 0 Å². The molecule has 0 spiro atoms. The van der Waals surface area contributed by atoms with Crippen LogP contribution < -0.4 is 14.8 Å². The van der Waals surface area contributed by atoms with Gasteiger partial charge in [-0.2, -0.15) is 4.31 Å². The van der Waals surface area contributed by atoms with E-state index in [1.165, 1.54) is 16.4 Å². The monoisotopic (exact) mass is 420 g/mol. The zero-order chi connectivity index (χ0) is 21.4. The normalized spacial score (nSPS) is 12.4. The van der Waals surface area contributed by atoms with Gasteiger partial charge >= 0.3 is 0 Å². The number of benzene rings is 2. The molecule has 158 valence electrons. The molecule has 0 saturated heterocycles. The first kappa shape index (κ1) is 22.7. The topological polar surface area (TPSA) is 84.9 Å². The molecule has 0 heterocycles. The Morgan fingerprint density at radius 2 is 1.72 bits per heavy atom. The third-order valence-corrected chi connectivity index (χ3v) is 6.32. The van der Waals surface area contributed by atoms with E-state index in [1.807, 2.05) is 25.1 Å². The second kappa shape index (κ2) is 10.3. The Morgan fingerprint density at radius 1 is 1.07 bits per heavy atom. The highest BCUT2D eigenvalue weighted by Crippen LogP contribution is 2.29. The SMILES string of the molecule is CCOc1ccc(S(=O)(=O)N(CC)CC)cc1NC(=O)[C@@H](C)Oc1ccccc1. The van der Waals surface area contributed by atoms with Crippen LogP contribution in [0.4, 0.5) is 5.69 Å². The summed E-state index contributed by atoms with van der Waals surface area (Å²) in [5, 5.41) is 2.73. The molecule has 0 aliphatic carbocycles. The lowest BCUT2D eigenvalue weighted by atomic mass is 10.2. The van der Waals surface area contributed by atoms with Gasteiger partial charge in [-0.05, 0) is 44.2 Å². The lowest BCUT2D eigenvalue weighted by Crippen LogP contribution is -2.31. The van der Waals surface area contributed by atoms with Crippen LogP contribution in [-0.4, -0.2) is 44.4 Å². The summed E-state index contributed by atoms with van der Waals surface area (Å²) in [5.74, 6) is 0.552. The highest BCUT2D eigenvalue weighted by Gasteiger charge is 2.24. The van der Waals surface area contributed by atoms with Crippen LogP contribution in [0, 0.1) is 0 Å². The van der Waals surface area contributed by atoms with E-state index < -0.39 is 22.0 Å². The molecule has 2 rings (SSSR count). The molecule has 0 aromatic heterocycles. The number of hydrogen-bond acceptors (Lipinski definition) is 5. The molecular weight excluding hydrogens is 392 g/mol. The Morgan fingerprint density at radius 3 is 2.31 bits per heavy atom. The van der Waals surface area contributed by atoms with E-state index in [9.17, 15) is 13.2 Å². The van der Waals surface area contributed by atoms with Gasteiger partial charge in [0.25, 0.3) is 5.91 Å². The molecule has 1 N–H and O–H groups in total. The second-order valence-electron chi connectivity index (χ2n) is 6.24. The fourth-order valence-corrected chi connectivity index (χ4v) is 4.24. The first-order chi connectivity index (χ1) is 13.8. The predicted octanol–water partition coefficient (Wildman–Crippen LogP) is 3.52. The fourth-order valence-electron chi connectivity index (χ4n) is 2.75. The van der Waals surface area contributed by atoms with E-state index in [1.54, 1.807) is 39.0 Å². The molecule has 1 atom stereocenters. The fraction of sp³-hybridized carbons (Fsp3) is 0.381. The van der Waals surface area contributed by atoms with E-state index in [0.717, 1.165) is 0 Å². The molecule has 0 saturated carbocycles. The Bertz CT molecular complexity index is 912. The maximum absolute atomic E-state index is 12.8. The van der Waals surface area contributed by atoms with Crippen LogP contribution in [0.2, 0.25) is 0 Å². The van der Waals surface area contributed by atoms with E-state index in [0.29, 0.717) is 31.2 Å². The molecule has 0 radical (unpaired) electrons. The number of hydrogen-bond donors (Lipinski definition) is 1. The third kappa shape index (κ3) is 5.71. The zero-order valence-electron chi connectivity index (χ0n) is 17.2. The summed E-state index contributed by atoms with van der Waals surface area (Å²) in [6.07, 6.45) is -0.782. The number of nitrogens with one attached hydrogen (secondary N) is 1. The number of carbonyl (C=O) groups is 1. The summed E-state index contributed by atoms with van der Waals surface area (Å²) in [6, 6.07) is 13.5. The minimum Gasteiger partial charge on any atom is -0.492 e. The quantitative estimate of drug-likeness (QED) is 0.636. The summed E-state index contributed by atoms with van der Waals surface area (Å²) >= 11 is 0. The molecule has 0 unspecified atom stereocenters. The van der Waals surface area contributed by atoms with Crippen molar-refractivity contribution in [2.75, 3.05) is 25.0 Å². The number of amides is 1. The molecule has 2 aromatic carbocycles. The lowest BCUT2D eigenvalue weighted by Gasteiger charge is -2.20. The van der Waals surface area contributed by atoms with Crippen LogP contribution in [0.1, 0.15) is 27.7 Å². The number of ether oxygens (including phenoxy) is 2. The van der Waals surface area contributed by atoms with Gasteiger partial charge in [0, 0.05) is 13.1 Å².